The van der Waals surface area contributed by atoms with Gasteiger partial charge in [0, 0.05) is 13.1 Å². The molecule has 1 heterocycles. The number of allylic oxidation sites excluding steroid dienone is 1. The molecule has 0 aromatic heterocycles. The summed E-state index contributed by atoms with van der Waals surface area (Å²) in [7, 11) is 0. The van der Waals surface area contributed by atoms with E-state index in [0.717, 1.165) is 25.9 Å². The maximum atomic E-state index is 11.8. The lowest BCUT2D eigenvalue weighted by Crippen LogP contribution is -2.33. The minimum Gasteiger partial charge on any atom is -0.512 e. The average Bonchev–Trinajstić information content (AvgIpc) is 2.39. The predicted molar refractivity (Wildman–Crippen MR) is 74.4 cm³/mol. The minimum atomic E-state index is -0.845. The molecule has 0 saturated carbocycles. The Balaban J connectivity index is 2.64. The van der Waals surface area contributed by atoms with Crippen LogP contribution in [0.3, 0.4) is 0 Å². The van der Waals surface area contributed by atoms with E-state index >= 15 is 0 Å². The lowest BCUT2D eigenvalue weighted by molar-refractivity contribution is -0.116. The summed E-state index contributed by atoms with van der Waals surface area (Å²) in [6, 6.07) is 0. The number of carbonyl (C=O) groups is 2. The SMILES string of the molecule is CCOC(=O)NC(=O)C(C=NN1CCCCC1)=C(C)O. The van der Waals surface area contributed by atoms with Crippen molar-refractivity contribution in [3.05, 3.63) is 11.3 Å². The van der Waals surface area contributed by atoms with E-state index in [1.165, 1.54) is 19.6 Å². The largest absolute Gasteiger partial charge is 0.512 e. The summed E-state index contributed by atoms with van der Waals surface area (Å²) in [5.41, 5.74) is -0.0522. The number of nitrogens with zero attached hydrogens (tertiary/aromatic N) is 2. The van der Waals surface area contributed by atoms with Gasteiger partial charge in [-0.3, -0.25) is 15.1 Å². The van der Waals surface area contributed by atoms with Crippen LogP contribution in [-0.4, -0.2) is 48.0 Å². The van der Waals surface area contributed by atoms with Crippen LogP contribution in [0.15, 0.2) is 16.4 Å². The van der Waals surface area contributed by atoms with E-state index in [1.54, 1.807) is 6.92 Å². The van der Waals surface area contributed by atoms with Crippen LogP contribution in [0.25, 0.3) is 0 Å². The fraction of sp³-hybridized carbons (Fsp3) is 0.615. The second-order valence-electron chi connectivity index (χ2n) is 4.43. The zero-order valence-corrected chi connectivity index (χ0v) is 11.9. The highest BCUT2D eigenvalue weighted by atomic mass is 16.5. The summed E-state index contributed by atoms with van der Waals surface area (Å²) in [6.07, 6.45) is 3.72. The molecule has 2 amide bonds. The number of amides is 2. The summed E-state index contributed by atoms with van der Waals surface area (Å²) < 4.78 is 4.61. The molecule has 7 heteroatoms. The molecule has 1 aliphatic rings. The molecule has 20 heavy (non-hydrogen) atoms. The molecule has 7 nitrogen and oxygen atoms in total. The molecule has 0 atom stereocenters. The Morgan fingerprint density at radius 3 is 2.55 bits per heavy atom. The van der Waals surface area contributed by atoms with Gasteiger partial charge >= 0.3 is 6.09 Å². The van der Waals surface area contributed by atoms with Gasteiger partial charge in [-0.15, -0.1) is 0 Å². The molecule has 1 aliphatic heterocycles. The van der Waals surface area contributed by atoms with Crippen molar-refractivity contribution < 1.29 is 19.4 Å². The quantitative estimate of drug-likeness (QED) is 0.464. The third-order valence-electron chi connectivity index (χ3n) is 2.81. The van der Waals surface area contributed by atoms with Crippen molar-refractivity contribution in [2.24, 2.45) is 5.10 Å². The number of ether oxygens (including phenoxy) is 1. The minimum absolute atomic E-state index is 0.0522. The van der Waals surface area contributed by atoms with E-state index in [0.29, 0.717) is 0 Å². The van der Waals surface area contributed by atoms with Gasteiger partial charge in [0.25, 0.3) is 5.91 Å². The summed E-state index contributed by atoms with van der Waals surface area (Å²) in [5, 5.41) is 17.5. The number of aliphatic hydroxyl groups excluding tert-OH is 1. The lowest BCUT2D eigenvalue weighted by Gasteiger charge is -2.23. The molecule has 0 bridgehead atoms. The van der Waals surface area contributed by atoms with Crippen LogP contribution in [-0.2, 0) is 9.53 Å². The Morgan fingerprint density at radius 1 is 1.35 bits per heavy atom. The molecule has 0 aromatic carbocycles. The number of imide groups is 1. The molecule has 112 valence electrons. The van der Waals surface area contributed by atoms with Gasteiger partial charge in [-0.2, -0.15) is 5.10 Å². The first kappa shape index (κ1) is 16.0. The summed E-state index contributed by atoms with van der Waals surface area (Å²) in [4.78, 5) is 23.0. The number of carbonyl (C=O) groups excluding carboxylic acids is 2. The first-order valence-electron chi connectivity index (χ1n) is 6.71. The van der Waals surface area contributed by atoms with Crippen molar-refractivity contribution in [3.8, 4) is 0 Å². The zero-order valence-electron chi connectivity index (χ0n) is 11.9. The molecule has 2 N–H and O–H groups in total. The van der Waals surface area contributed by atoms with Crippen LogP contribution in [0.4, 0.5) is 4.79 Å². The van der Waals surface area contributed by atoms with Gasteiger partial charge in [-0.25, -0.2) is 4.79 Å². The first-order chi connectivity index (χ1) is 9.54. The number of aliphatic hydroxyl groups is 1. The predicted octanol–water partition coefficient (Wildman–Crippen LogP) is 1.56. The standard InChI is InChI=1S/C13H21N3O4/c1-3-20-13(19)15-12(18)11(10(2)17)9-14-16-7-5-4-6-8-16/h9,17H,3-8H2,1-2H3,(H,15,18,19). The van der Waals surface area contributed by atoms with Crippen molar-refractivity contribution in [2.45, 2.75) is 33.1 Å². The van der Waals surface area contributed by atoms with E-state index in [4.69, 9.17) is 0 Å². The molecule has 1 rings (SSSR count). The lowest BCUT2D eigenvalue weighted by atomic mass is 10.2. The van der Waals surface area contributed by atoms with Crippen molar-refractivity contribution in [2.75, 3.05) is 19.7 Å². The molecular weight excluding hydrogens is 262 g/mol. The Kier molecular flexibility index (Phi) is 6.55. The third-order valence-corrected chi connectivity index (χ3v) is 2.81. The van der Waals surface area contributed by atoms with Gasteiger partial charge in [0.1, 0.15) is 5.76 Å². The first-order valence-corrected chi connectivity index (χ1v) is 6.71. The van der Waals surface area contributed by atoms with Crippen molar-refractivity contribution in [1.29, 1.82) is 0 Å². The van der Waals surface area contributed by atoms with Crippen LogP contribution < -0.4 is 5.32 Å². The van der Waals surface area contributed by atoms with Gasteiger partial charge < -0.3 is 9.84 Å². The van der Waals surface area contributed by atoms with Crippen molar-refractivity contribution >= 4 is 18.2 Å². The Bertz CT molecular complexity index is 408. The molecule has 0 aromatic rings. The molecule has 0 aliphatic carbocycles. The normalized spacial score (nSPS) is 16.8. The van der Waals surface area contributed by atoms with Gasteiger partial charge in [-0.1, -0.05) is 0 Å². The van der Waals surface area contributed by atoms with Gasteiger partial charge in [0.2, 0.25) is 0 Å². The molecule has 1 fully saturated rings. The Labute approximate surface area is 118 Å². The second kappa shape index (κ2) is 8.19. The highest BCUT2D eigenvalue weighted by Crippen LogP contribution is 2.09. The number of piperidine rings is 1. The van der Waals surface area contributed by atoms with Gasteiger partial charge in [0.15, 0.2) is 0 Å². The van der Waals surface area contributed by atoms with Crippen LogP contribution in [0.2, 0.25) is 0 Å². The Hall–Kier alpha value is -2.05. The van der Waals surface area contributed by atoms with Crippen LogP contribution in [0.5, 0.6) is 0 Å². The topological polar surface area (TPSA) is 91.2 Å². The molecule has 1 saturated heterocycles. The molecule has 0 unspecified atom stereocenters. The smallest absolute Gasteiger partial charge is 0.414 e. The maximum Gasteiger partial charge on any atom is 0.414 e. The Morgan fingerprint density at radius 2 is 2.00 bits per heavy atom. The monoisotopic (exact) mass is 283 g/mol. The van der Waals surface area contributed by atoms with E-state index in [1.807, 2.05) is 10.3 Å². The van der Waals surface area contributed by atoms with Crippen molar-refractivity contribution in [1.82, 2.24) is 10.3 Å². The number of hydrogen-bond donors (Lipinski definition) is 2. The second-order valence-corrected chi connectivity index (χ2v) is 4.43. The molecule has 0 radical (unpaired) electrons. The number of alkyl carbamates (subject to hydrolysis) is 1. The van der Waals surface area contributed by atoms with Gasteiger partial charge in [0.05, 0.1) is 18.4 Å². The van der Waals surface area contributed by atoms with E-state index in [2.05, 4.69) is 9.84 Å². The zero-order chi connectivity index (χ0) is 15.0. The molecular formula is C13H21N3O4. The van der Waals surface area contributed by atoms with Crippen molar-refractivity contribution in [3.63, 3.8) is 0 Å². The third kappa shape index (κ3) is 5.29. The molecule has 0 spiro atoms. The number of rotatable bonds is 4. The van der Waals surface area contributed by atoms with Crippen LogP contribution >= 0.6 is 0 Å². The average molecular weight is 283 g/mol. The maximum absolute atomic E-state index is 11.8. The highest BCUT2D eigenvalue weighted by molar-refractivity contribution is 6.16. The van der Waals surface area contributed by atoms with E-state index in [9.17, 15) is 14.7 Å². The fourth-order valence-corrected chi connectivity index (χ4v) is 1.78. The summed E-state index contributed by atoms with van der Waals surface area (Å²) in [5.74, 6) is -0.934. The van der Waals surface area contributed by atoms with Crippen LogP contribution in [0, 0.1) is 0 Å². The van der Waals surface area contributed by atoms with Crippen LogP contribution in [0.1, 0.15) is 33.1 Å². The fourth-order valence-electron chi connectivity index (χ4n) is 1.78. The number of hydrazone groups is 1. The number of nitrogens with one attached hydrogen (secondary N) is 1. The number of hydrogen-bond acceptors (Lipinski definition) is 6. The summed E-state index contributed by atoms with van der Waals surface area (Å²) in [6.45, 7) is 4.82. The van der Waals surface area contributed by atoms with E-state index < -0.39 is 12.0 Å². The van der Waals surface area contributed by atoms with Gasteiger partial charge in [-0.05, 0) is 33.1 Å². The summed E-state index contributed by atoms with van der Waals surface area (Å²) >= 11 is 0. The highest BCUT2D eigenvalue weighted by Gasteiger charge is 2.16. The van der Waals surface area contributed by atoms with E-state index in [-0.39, 0.29) is 17.9 Å².